The van der Waals surface area contributed by atoms with E-state index in [9.17, 15) is 8.78 Å². The fraction of sp³-hybridized carbons (Fsp3) is 0.167. The maximum Gasteiger partial charge on any atom is 0.266 e. The second kappa shape index (κ2) is 3.66. The summed E-state index contributed by atoms with van der Waals surface area (Å²) in [6, 6.07) is 0. The minimum atomic E-state index is -2.57. The Kier molecular flexibility index (Phi) is 3.00. The Hall–Kier alpha value is -0.230. The van der Waals surface area contributed by atoms with Crippen molar-refractivity contribution in [2.45, 2.75) is 6.43 Å². The van der Waals surface area contributed by atoms with Gasteiger partial charge in [-0.1, -0.05) is 0 Å². The molecular weight excluding hydrogens is 298 g/mol. The van der Waals surface area contributed by atoms with Crippen molar-refractivity contribution in [3.8, 4) is 0 Å². The fourth-order valence-electron chi connectivity index (χ4n) is 0.695. The van der Waals surface area contributed by atoms with Crippen LogP contribution >= 0.6 is 31.9 Å². The highest BCUT2D eigenvalue weighted by atomic mass is 79.9. The van der Waals surface area contributed by atoms with E-state index in [-0.39, 0.29) is 20.3 Å². The van der Waals surface area contributed by atoms with Crippen LogP contribution in [0.1, 0.15) is 12.0 Å². The van der Waals surface area contributed by atoms with Crippen LogP contribution in [0, 0.1) is 0 Å². The standard InChI is InChI=1S/C6H4Br2F2N2/c7-2-1-12-6(11)4(8)3(2)5(9)10/h1,5H,(H2,11,12). The van der Waals surface area contributed by atoms with Crippen molar-refractivity contribution < 1.29 is 8.78 Å². The van der Waals surface area contributed by atoms with E-state index < -0.39 is 6.43 Å². The highest BCUT2D eigenvalue weighted by Gasteiger charge is 2.17. The number of hydrogen-bond acceptors (Lipinski definition) is 2. The molecule has 12 heavy (non-hydrogen) atoms. The van der Waals surface area contributed by atoms with E-state index in [0.717, 1.165) is 0 Å². The highest BCUT2D eigenvalue weighted by Crippen LogP contribution is 2.35. The van der Waals surface area contributed by atoms with Gasteiger partial charge in [-0.2, -0.15) is 0 Å². The Balaban J connectivity index is 3.33. The molecule has 0 saturated heterocycles. The van der Waals surface area contributed by atoms with E-state index in [1.807, 2.05) is 0 Å². The molecule has 0 fully saturated rings. The zero-order valence-corrected chi connectivity index (χ0v) is 8.86. The van der Waals surface area contributed by atoms with Gasteiger partial charge in [-0.15, -0.1) is 0 Å². The highest BCUT2D eigenvalue weighted by molar-refractivity contribution is 9.11. The van der Waals surface area contributed by atoms with Crippen LogP contribution in [0.2, 0.25) is 0 Å². The molecule has 0 aromatic carbocycles. The van der Waals surface area contributed by atoms with Gasteiger partial charge in [0.15, 0.2) is 0 Å². The molecule has 2 N–H and O–H groups in total. The molecule has 0 amide bonds. The van der Waals surface area contributed by atoms with E-state index >= 15 is 0 Å². The molecule has 6 heteroatoms. The molecule has 1 rings (SSSR count). The molecule has 0 saturated carbocycles. The molecule has 0 aliphatic rings. The number of nitrogens with zero attached hydrogens (tertiary/aromatic N) is 1. The second-order valence-corrected chi connectivity index (χ2v) is 3.67. The summed E-state index contributed by atoms with van der Waals surface area (Å²) in [5.74, 6) is 0.0634. The van der Waals surface area contributed by atoms with Crippen LogP contribution in [0.3, 0.4) is 0 Å². The first-order valence-electron chi connectivity index (χ1n) is 2.91. The minimum absolute atomic E-state index is 0.0634. The van der Waals surface area contributed by atoms with Crippen molar-refractivity contribution in [1.82, 2.24) is 4.98 Å². The van der Waals surface area contributed by atoms with Gasteiger partial charge in [0.1, 0.15) is 5.82 Å². The van der Waals surface area contributed by atoms with Gasteiger partial charge in [-0.3, -0.25) is 0 Å². The predicted octanol–water partition coefficient (Wildman–Crippen LogP) is 3.13. The van der Waals surface area contributed by atoms with Crippen LogP contribution in [-0.4, -0.2) is 4.98 Å². The largest absolute Gasteiger partial charge is 0.383 e. The summed E-state index contributed by atoms with van der Waals surface area (Å²) in [6.45, 7) is 0. The van der Waals surface area contributed by atoms with Crippen LogP contribution in [0.15, 0.2) is 15.1 Å². The van der Waals surface area contributed by atoms with E-state index in [1.165, 1.54) is 6.20 Å². The van der Waals surface area contributed by atoms with Crippen molar-refractivity contribution in [2.75, 3.05) is 5.73 Å². The van der Waals surface area contributed by atoms with Crippen LogP contribution in [-0.2, 0) is 0 Å². The number of pyridine rings is 1. The van der Waals surface area contributed by atoms with Crippen molar-refractivity contribution in [1.29, 1.82) is 0 Å². The summed E-state index contributed by atoms with van der Waals surface area (Å²) in [5.41, 5.74) is 5.15. The van der Waals surface area contributed by atoms with E-state index in [2.05, 4.69) is 36.8 Å². The van der Waals surface area contributed by atoms with Gasteiger partial charge in [0.25, 0.3) is 6.43 Å². The van der Waals surface area contributed by atoms with Gasteiger partial charge in [0.05, 0.1) is 10.0 Å². The van der Waals surface area contributed by atoms with Gasteiger partial charge < -0.3 is 5.73 Å². The molecule has 0 atom stereocenters. The molecule has 0 aliphatic carbocycles. The Morgan fingerprint density at radius 1 is 1.42 bits per heavy atom. The molecule has 0 bridgehead atoms. The summed E-state index contributed by atoms with van der Waals surface area (Å²) in [7, 11) is 0. The number of alkyl halides is 2. The Morgan fingerprint density at radius 2 is 2.00 bits per heavy atom. The molecule has 0 unspecified atom stereocenters. The lowest BCUT2D eigenvalue weighted by molar-refractivity contribution is 0.149. The number of halogens is 4. The molecule has 2 nitrogen and oxygen atoms in total. The summed E-state index contributed by atoms with van der Waals surface area (Å²) >= 11 is 5.89. The maximum absolute atomic E-state index is 12.3. The average molecular weight is 302 g/mol. The molecular formula is C6H4Br2F2N2. The van der Waals surface area contributed by atoms with E-state index in [0.29, 0.717) is 0 Å². The molecule has 1 heterocycles. The van der Waals surface area contributed by atoms with Crippen LogP contribution in [0.5, 0.6) is 0 Å². The van der Waals surface area contributed by atoms with Crippen molar-refractivity contribution >= 4 is 37.7 Å². The summed E-state index contributed by atoms with van der Waals surface area (Å²) < 4.78 is 25.0. The first-order chi connectivity index (χ1) is 5.54. The monoisotopic (exact) mass is 300 g/mol. The predicted molar refractivity (Wildman–Crippen MR) is 49.0 cm³/mol. The zero-order chi connectivity index (χ0) is 9.30. The molecule has 0 spiro atoms. The van der Waals surface area contributed by atoms with Gasteiger partial charge in [-0.25, -0.2) is 13.8 Å². The van der Waals surface area contributed by atoms with Gasteiger partial charge >= 0.3 is 0 Å². The maximum atomic E-state index is 12.3. The minimum Gasteiger partial charge on any atom is -0.383 e. The fourth-order valence-corrected chi connectivity index (χ4v) is 1.92. The Morgan fingerprint density at radius 3 is 2.42 bits per heavy atom. The van der Waals surface area contributed by atoms with E-state index in [1.54, 1.807) is 0 Å². The number of hydrogen-bond donors (Lipinski definition) is 1. The van der Waals surface area contributed by atoms with Crippen LogP contribution in [0.4, 0.5) is 14.6 Å². The molecule has 0 aliphatic heterocycles. The van der Waals surface area contributed by atoms with Crippen molar-refractivity contribution in [3.63, 3.8) is 0 Å². The smallest absolute Gasteiger partial charge is 0.266 e. The van der Waals surface area contributed by atoms with Gasteiger partial charge in [0.2, 0.25) is 0 Å². The number of nitrogens with two attached hydrogens (primary N) is 1. The molecule has 0 radical (unpaired) electrons. The third kappa shape index (κ3) is 1.74. The Bertz CT molecular complexity index is 304. The molecule has 66 valence electrons. The van der Waals surface area contributed by atoms with Crippen LogP contribution in [0.25, 0.3) is 0 Å². The van der Waals surface area contributed by atoms with Crippen LogP contribution < -0.4 is 5.73 Å². The molecule has 1 aromatic rings. The average Bonchev–Trinajstić information content (AvgIpc) is 1.97. The number of rotatable bonds is 1. The van der Waals surface area contributed by atoms with Crippen molar-refractivity contribution in [2.24, 2.45) is 0 Å². The normalized spacial score (nSPS) is 10.8. The lowest BCUT2D eigenvalue weighted by Crippen LogP contribution is -1.97. The SMILES string of the molecule is Nc1ncc(Br)c(C(F)F)c1Br. The zero-order valence-electron chi connectivity index (χ0n) is 5.69. The second-order valence-electron chi connectivity index (χ2n) is 2.02. The number of anilines is 1. The van der Waals surface area contributed by atoms with Crippen molar-refractivity contribution in [3.05, 3.63) is 20.7 Å². The topological polar surface area (TPSA) is 38.9 Å². The number of aromatic nitrogens is 1. The van der Waals surface area contributed by atoms with Gasteiger partial charge in [0, 0.05) is 10.7 Å². The van der Waals surface area contributed by atoms with E-state index in [4.69, 9.17) is 5.73 Å². The third-order valence-corrected chi connectivity index (χ3v) is 2.72. The summed E-state index contributed by atoms with van der Waals surface area (Å²) in [6.07, 6.45) is -1.32. The third-order valence-electron chi connectivity index (χ3n) is 1.25. The lowest BCUT2D eigenvalue weighted by Gasteiger charge is -2.06. The first-order valence-corrected chi connectivity index (χ1v) is 4.50. The van der Waals surface area contributed by atoms with Gasteiger partial charge in [-0.05, 0) is 31.9 Å². The quantitative estimate of drug-likeness (QED) is 0.865. The summed E-state index contributed by atoms with van der Waals surface area (Å²) in [5, 5.41) is 0. The summed E-state index contributed by atoms with van der Waals surface area (Å²) in [4.78, 5) is 3.67. The first kappa shape index (κ1) is 9.85. The lowest BCUT2D eigenvalue weighted by atomic mass is 10.3. The Labute approximate surface area is 84.4 Å². The molecule has 1 aromatic heterocycles. The number of nitrogen functional groups attached to an aromatic ring is 1.